The minimum atomic E-state index is 0. The molecule has 0 aliphatic carbocycles. The summed E-state index contributed by atoms with van der Waals surface area (Å²) in [5.41, 5.74) is 3.84. The van der Waals surface area contributed by atoms with Crippen molar-refractivity contribution in [2.24, 2.45) is 4.99 Å². The Kier molecular flexibility index (Phi) is 8.96. The first-order valence-electron chi connectivity index (χ1n) is 11.1. The minimum absolute atomic E-state index is 0. The summed E-state index contributed by atoms with van der Waals surface area (Å²) in [6.07, 6.45) is 6.44. The van der Waals surface area contributed by atoms with Gasteiger partial charge in [0.05, 0.1) is 12.6 Å². The Morgan fingerprint density at radius 3 is 2.62 bits per heavy atom. The molecular weight excluding hydrogens is 511 g/mol. The second-order valence-corrected chi connectivity index (χ2v) is 8.04. The number of guanidine groups is 1. The molecule has 0 bridgehead atoms. The van der Waals surface area contributed by atoms with E-state index in [-0.39, 0.29) is 30.0 Å². The van der Waals surface area contributed by atoms with Crippen LogP contribution in [0.15, 0.2) is 72.0 Å². The van der Waals surface area contributed by atoms with Crippen molar-refractivity contribution >= 4 is 35.6 Å². The molecule has 1 aliphatic heterocycles. The summed E-state index contributed by atoms with van der Waals surface area (Å²) in [7, 11) is 1.80. The first-order chi connectivity index (χ1) is 15.2. The first kappa shape index (κ1) is 24.1. The number of rotatable bonds is 7. The molecule has 0 amide bonds. The van der Waals surface area contributed by atoms with Crippen LogP contribution in [-0.2, 0) is 13.1 Å². The van der Waals surface area contributed by atoms with Crippen molar-refractivity contribution in [1.82, 2.24) is 20.2 Å². The van der Waals surface area contributed by atoms with Crippen molar-refractivity contribution in [2.45, 2.75) is 38.9 Å². The zero-order chi connectivity index (χ0) is 21.5. The zero-order valence-electron chi connectivity index (χ0n) is 18.9. The largest absolute Gasteiger partial charge is 0.372 e. The molecule has 1 aliphatic rings. The van der Waals surface area contributed by atoms with Crippen LogP contribution >= 0.6 is 24.0 Å². The fourth-order valence-electron chi connectivity index (χ4n) is 4.04. The van der Waals surface area contributed by atoms with Gasteiger partial charge in [0, 0.05) is 44.8 Å². The van der Waals surface area contributed by atoms with E-state index in [1.807, 2.05) is 18.5 Å². The van der Waals surface area contributed by atoms with Crippen molar-refractivity contribution in [3.8, 4) is 0 Å². The van der Waals surface area contributed by atoms with Crippen LogP contribution in [0.3, 0.4) is 0 Å². The molecule has 1 fully saturated rings. The monoisotopic (exact) mass is 544 g/mol. The molecule has 6 nitrogen and oxygen atoms in total. The van der Waals surface area contributed by atoms with Gasteiger partial charge in [-0.1, -0.05) is 42.5 Å². The van der Waals surface area contributed by atoms with Gasteiger partial charge >= 0.3 is 0 Å². The number of hydrogen-bond donors (Lipinski definition) is 2. The van der Waals surface area contributed by atoms with Crippen LogP contribution in [0.1, 0.15) is 42.8 Å². The Labute approximate surface area is 208 Å². The van der Waals surface area contributed by atoms with Gasteiger partial charge in [0.25, 0.3) is 0 Å². The molecule has 170 valence electrons. The van der Waals surface area contributed by atoms with Crippen LogP contribution in [0.5, 0.6) is 0 Å². The van der Waals surface area contributed by atoms with Gasteiger partial charge < -0.3 is 20.1 Å². The molecule has 2 heterocycles. The molecule has 0 radical (unpaired) electrons. The molecule has 4 rings (SSSR count). The number of nitrogens with one attached hydrogen (secondary N) is 2. The highest BCUT2D eigenvalue weighted by molar-refractivity contribution is 14.0. The Morgan fingerprint density at radius 1 is 1.09 bits per heavy atom. The predicted molar refractivity (Wildman–Crippen MR) is 143 cm³/mol. The van der Waals surface area contributed by atoms with Crippen molar-refractivity contribution in [3.05, 3.63) is 83.9 Å². The van der Waals surface area contributed by atoms with Crippen molar-refractivity contribution in [1.29, 1.82) is 0 Å². The number of anilines is 1. The highest BCUT2D eigenvalue weighted by Gasteiger charge is 2.15. The summed E-state index contributed by atoms with van der Waals surface area (Å²) in [5.74, 6) is 1.75. The summed E-state index contributed by atoms with van der Waals surface area (Å²) >= 11 is 0. The molecule has 0 saturated carbocycles. The summed E-state index contributed by atoms with van der Waals surface area (Å²) in [4.78, 5) is 11.4. The van der Waals surface area contributed by atoms with Gasteiger partial charge in [-0.25, -0.2) is 4.98 Å². The second kappa shape index (κ2) is 11.9. The number of benzene rings is 2. The predicted octanol–water partition coefficient (Wildman–Crippen LogP) is 4.58. The second-order valence-electron chi connectivity index (χ2n) is 8.04. The first-order valence-corrected chi connectivity index (χ1v) is 11.1. The Bertz CT molecular complexity index is 994. The quantitative estimate of drug-likeness (QED) is 0.260. The smallest absolute Gasteiger partial charge is 0.191 e. The molecular formula is C25H33IN6. The van der Waals surface area contributed by atoms with Gasteiger partial charge in [0.2, 0.25) is 0 Å². The van der Waals surface area contributed by atoms with E-state index in [0.29, 0.717) is 6.54 Å². The maximum atomic E-state index is 4.52. The molecule has 1 atom stereocenters. The van der Waals surface area contributed by atoms with E-state index >= 15 is 0 Å². The lowest BCUT2D eigenvalue weighted by Gasteiger charge is -2.22. The Balaban J connectivity index is 0.00000289. The third-order valence-corrected chi connectivity index (χ3v) is 5.83. The zero-order valence-corrected chi connectivity index (χ0v) is 21.2. The fraction of sp³-hybridized carbons (Fsp3) is 0.360. The maximum Gasteiger partial charge on any atom is 0.191 e. The molecule has 1 unspecified atom stereocenters. The lowest BCUT2D eigenvalue weighted by molar-refractivity contribution is 0.658. The van der Waals surface area contributed by atoms with E-state index in [9.17, 15) is 0 Å². The normalized spacial score (nSPS) is 14.7. The van der Waals surface area contributed by atoms with Crippen molar-refractivity contribution < 1.29 is 0 Å². The number of imidazole rings is 1. The molecule has 1 saturated heterocycles. The van der Waals surface area contributed by atoms with E-state index in [1.54, 1.807) is 7.05 Å². The number of hydrogen-bond acceptors (Lipinski definition) is 3. The third kappa shape index (κ3) is 6.25. The molecule has 1 aromatic heterocycles. The van der Waals surface area contributed by atoms with Gasteiger partial charge in [-0.2, -0.15) is 0 Å². The molecule has 0 spiro atoms. The number of halogens is 1. The van der Waals surface area contributed by atoms with E-state index in [0.717, 1.165) is 31.4 Å². The van der Waals surface area contributed by atoms with Crippen LogP contribution in [0.25, 0.3) is 0 Å². The van der Waals surface area contributed by atoms with Crippen LogP contribution < -0.4 is 15.5 Å². The molecule has 2 aromatic carbocycles. The average molecular weight is 544 g/mol. The van der Waals surface area contributed by atoms with E-state index in [4.69, 9.17) is 0 Å². The standard InChI is InChI=1S/C25H32N6.HI/c1-20(22-11-8-12-23(17-22)30-14-6-7-15-30)29-25(26-2)28-18-24-27-13-16-31(24)19-21-9-4-3-5-10-21;/h3-5,8-13,16-17,20H,6-7,14-15,18-19H2,1-2H3,(H2,26,28,29);1H. The lowest BCUT2D eigenvalue weighted by atomic mass is 10.1. The topological polar surface area (TPSA) is 57.5 Å². The SMILES string of the molecule is CN=C(NCc1nccn1Cc1ccccc1)NC(C)c1cccc(N2CCCC2)c1.I. The Morgan fingerprint density at radius 2 is 1.88 bits per heavy atom. The molecule has 3 aromatic rings. The highest BCUT2D eigenvalue weighted by atomic mass is 127. The Hall–Kier alpha value is -2.55. The number of aromatic nitrogens is 2. The van der Waals surface area contributed by atoms with Gasteiger partial charge in [0.1, 0.15) is 5.82 Å². The summed E-state index contributed by atoms with van der Waals surface area (Å²) in [6.45, 7) is 5.91. The van der Waals surface area contributed by atoms with Crippen LogP contribution in [-0.4, -0.2) is 35.6 Å². The number of aliphatic imine (C=N–C) groups is 1. The average Bonchev–Trinajstić information content (AvgIpc) is 3.50. The molecule has 7 heteroatoms. The molecule has 2 N–H and O–H groups in total. The van der Waals surface area contributed by atoms with Crippen molar-refractivity contribution in [2.75, 3.05) is 25.0 Å². The van der Waals surface area contributed by atoms with Gasteiger partial charge in [-0.05, 0) is 43.0 Å². The van der Waals surface area contributed by atoms with Crippen LogP contribution in [0.4, 0.5) is 5.69 Å². The van der Waals surface area contributed by atoms with Gasteiger partial charge in [-0.3, -0.25) is 4.99 Å². The lowest BCUT2D eigenvalue weighted by Crippen LogP contribution is -2.38. The number of nitrogens with zero attached hydrogens (tertiary/aromatic N) is 4. The van der Waals surface area contributed by atoms with E-state index in [2.05, 4.69) is 85.5 Å². The van der Waals surface area contributed by atoms with E-state index in [1.165, 1.54) is 29.7 Å². The highest BCUT2D eigenvalue weighted by Crippen LogP contribution is 2.23. The minimum Gasteiger partial charge on any atom is -0.372 e. The maximum absolute atomic E-state index is 4.52. The summed E-state index contributed by atoms with van der Waals surface area (Å²) in [5, 5.41) is 6.93. The summed E-state index contributed by atoms with van der Waals surface area (Å²) < 4.78 is 2.17. The van der Waals surface area contributed by atoms with Gasteiger partial charge in [-0.15, -0.1) is 24.0 Å². The van der Waals surface area contributed by atoms with Crippen LogP contribution in [0, 0.1) is 0 Å². The third-order valence-electron chi connectivity index (χ3n) is 5.83. The summed E-state index contributed by atoms with van der Waals surface area (Å²) in [6, 6.07) is 19.4. The van der Waals surface area contributed by atoms with E-state index < -0.39 is 0 Å². The van der Waals surface area contributed by atoms with Crippen molar-refractivity contribution in [3.63, 3.8) is 0 Å². The van der Waals surface area contributed by atoms with Crippen LogP contribution in [0.2, 0.25) is 0 Å². The molecule has 32 heavy (non-hydrogen) atoms. The van der Waals surface area contributed by atoms with Gasteiger partial charge in [0.15, 0.2) is 5.96 Å². The fourth-order valence-corrected chi connectivity index (χ4v) is 4.04.